The Morgan fingerprint density at radius 1 is 0.769 bits per heavy atom. The molecule has 0 spiro atoms. The first-order valence-corrected chi connectivity index (χ1v) is 14.9. The lowest BCUT2D eigenvalue weighted by Crippen LogP contribution is -2.27. The van der Waals surface area contributed by atoms with Crippen LogP contribution in [0.15, 0.2) is 113 Å². The molecule has 0 aliphatic rings. The van der Waals surface area contributed by atoms with Gasteiger partial charge in [-0.1, -0.05) is 66.7 Å². The fourth-order valence-electron chi connectivity index (χ4n) is 4.27. The molecule has 2 N–H and O–H groups in total. The second-order valence-corrected chi connectivity index (χ2v) is 12.4. The summed E-state index contributed by atoms with van der Waals surface area (Å²) in [5, 5.41) is 9.25. The fourth-order valence-corrected chi connectivity index (χ4v) is 7.39. The Bertz CT molecular complexity index is 1830. The fraction of sp³-hybridized carbons (Fsp3) is 0.103. The molecule has 39 heavy (non-hydrogen) atoms. The summed E-state index contributed by atoms with van der Waals surface area (Å²) in [7, 11) is -7.02. The van der Waals surface area contributed by atoms with Gasteiger partial charge in [-0.15, -0.1) is 0 Å². The molecule has 0 radical (unpaired) electrons. The van der Waals surface area contributed by atoms with Gasteiger partial charge in [0.1, 0.15) is 5.75 Å². The smallest absolute Gasteiger partial charge is 0.269 e. The summed E-state index contributed by atoms with van der Waals surface area (Å²) in [6.07, 6.45) is 0. The zero-order valence-corrected chi connectivity index (χ0v) is 22.6. The Morgan fingerprint density at radius 3 is 1.97 bits per heavy atom. The lowest BCUT2D eigenvalue weighted by Gasteiger charge is -2.13. The summed E-state index contributed by atoms with van der Waals surface area (Å²) in [4.78, 5) is -0.0302. The minimum Gasteiger partial charge on any atom is -0.497 e. The van der Waals surface area contributed by atoms with E-state index in [4.69, 9.17) is 4.74 Å². The highest BCUT2D eigenvalue weighted by molar-refractivity contribution is 7.92. The van der Waals surface area contributed by atoms with Crippen LogP contribution in [0.4, 0.5) is 0 Å². The highest BCUT2D eigenvalue weighted by Crippen LogP contribution is 2.31. The average Bonchev–Trinajstić information content (AvgIpc) is 3.38. The predicted molar refractivity (Wildman–Crippen MR) is 149 cm³/mol. The third-order valence-electron chi connectivity index (χ3n) is 6.38. The number of hydrogen-bond donors (Lipinski definition) is 2. The zero-order valence-electron chi connectivity index (χ0n) is 21.0. The van der Waals surface area contributed by atoms with E-state index in [0.717, 1.165) is 20.7 Å². The minimum absolute atomic E-state index is 0.0293. The average molecular weight is 563 g/mol. The predicted octanol–water partition coefficient (Wildman–Crippen LogP) is 4.52. The van der Waals surface area contributed by atoms with Crippen molar-refractivity contribution in [2.75, 3.05) is 7.11 Å². The molecule has 4 aromatic carbocycles. The summed E-state index contributed by atoms with van der Waals surface area (Å²) in [5.41, 5.74) is 3.63. The molecule has 1 aromatic heterocycles. The van der Waals surface area contributed by atoms with Gasteiger partial charge >= 0.3 is 0 Å². The third-order valence-corrected chi connectivity index (χ3v) is 9.61. The second kappa shape index (κ2) is 10.7. The summed E-state index contributed by atoms with van der Waals surface area (Å²) in [6.45, 7) is -0.0687. The highest BCUT2D eigenvalue weighted by atomic mass is 32.2. The summed E-state index contributed by atoms with van der Waals surface area (Å²) in [6, 6.07) is 28.6. The first kappa shape index (κ1) is 26.6. The molecule has 8 nitrogen and oxygen atoms in total. The van der Waals surface area contributed by atoms with Crippen LogP contribution in [0.2, 0.25) is 0 Å². The quantitative estimate of drug-likeness (QED) is 0.273. The number of benzene rings is 4. The number of hydrogen-bond acceptors (Lipinski definition) is 6. The Hall–Kier alpha value is -3.96. The zero-order chi connectivity index (χ0) is 27.6. The molecule has 0 atom stereocenters. The van der Waals surface area contributed by atoms with Crippen molar-refractivity contribution in [2.24, 2.45) is 0 Å². The second-order valence-electron chi connectivity index (χ2n) is 8.87. The van der Waals surface area contributed by atoms with Crippen molar-refractivity contribution in [2.45, 2.75) is 23.1 Å². The molecular formula is C29H26N2O6S2. The number of fused-ring (bicyclic) bond motifs is 1. The van der Waals surface area contributed by atoms with Crippen molar-refractivity contribution in [3.05, 3.63) is 114 Å². The molecule has 0 aliphatic carbocycles. The van der Waals surface area contributed by atoms with Crippen molar-refractivity contribution >= 4 is 30.9 Å². The van der Waals surface area contributed by atoms with Crippen LogP contribution in [-0.2, 0) is 33.2 Å². The van der Waals surface area contributed by atoms with Crippen LogP contribution in [0.5, 0.6) is 5.75 Å². The number of aliphatic hydroxyl groups is 1. The normalized spacial score (nSPS) is 12.1. The van der Waals surface area contributed by atoms with Gasteiger partial charge in [-0.05, 0) is 58.7 Å². The van der Waals surface area contributed by atoms with Gasteiger partial charge in [0.05, 0.1) is 24.1 Å². The van der Waals surface area contributed by atoms with Crippen molar-refractivity contribution in [1.29, 1.82) is 0 Å². The number of aliphatic hydroxyl groups excluding tert-OH is 1. The third kappa shape index (κ3) is 5.32. The number of rotatable bonds is 9. The Balaban J connectivity index is 1.48. The molecule has 0 fully saturated rings. The van der Waals surface area contributed by atoms with E-state index in [1.165, 1.54) is 31.4 Å². The van der Waals surface area contributed by atoms with E-state index in [2.05, 4.69) is 4.72 Å². The molecule has 0 unspecified atom stereocenters. The van der Waals surface area contributed by atoms with E-state index in [1.807, 2.05) is 36.4 Å². The highest BCUT2D eigenvalue weighted by Gasteiger charge is 2.30. The maximum absolute atomic E-state index is 13.6. The molecule has 0 saturated heterocycles. The first-order valence-electron chi connectivity index (χ1n) is 12.0. The van der Waals surface area contributed by atoms with E-state index in [9.17, 15) is 21.9 Å². The first-order chi connectivity index (χ1) is 18.7. The number of methoxy groups -OCH3 is 1. The lowest BCUT2D eigenvalue weighted by atomic mass is 10.0. The van der Waals surface area contributed by atoms with Crippen molar-refractivity contribution in [1.82, 2.24) is 8.69 Å². The lowest BCUT2D eigenvalue weighted by molar-refractivity contribution is 0.282. The molecule has 0 bridgehead atoms. The molecule has 5 rings (SSSR count). The van der Waals surface area contributed by atoms with Crippen molar-refractivity contribution in [3.8, 4) is 16.9 Å². The van der Waals surface area contributed by atoms with Crippen LogP contribution in [-0.4, -0.2) is 33.0 Å². The number of ether oxygens (including phenoxy) is 1. The van der Waals surface area contributed by atoms with Gasteiger partial charge in [-0.3, -0.25) is 0 Å². The van der Waals surface area contributed by atoms with Crippen LogP contribution in [0, 0.1) is 0 Å². The summed E-state index contributed by atoms with van der Waals surface area (Å²) in [5.74, 6) is 0.472. The maximum Gasteiger partial charge on any atom is 0.269 e. The Morgan fingerprint density at radius 2 is 1.38 bits per heavy atom. The van der Waals surface area contributed by atoms with Crippen LogP contribution >= 0.6 is 0 Å². The van der Waals surface area contributed by atoms with Gasteiger partial charge in [0.15, 0.2) is 5.03 Å². The van der Waals surface area contributed by atoms with Gasteiger partial charge in [0, 0.05) is 11.9 Å². The molecule has 10 heteroatoms. The maximum atomic E-state index is 13.6. The molecule has 1 heterocycles. The number of aromatic nitrogens is 1. The molecule has 5 aromatic rings. The Labute approximate surface area is 227 Å². The standard InChI is InChI=1S/C29H26N2O6S2/c1-37-26-15-16-28-25(17-26)18-29(31(28)39(35,36)27-5-3-2-4-6-27)38(33,34)30-19-21-7-11-23(12-8-21)24-13-9-22(20-32)10-14-24/h2-18,30,32H,19-20H2,1H3. The summed E-state index contributed by atoms with van der Waals surface area (Å²) >= 11 is 0. The number of nitrogens with zero attached hydrogens (tertiary/aromatic N) is 1. The largest absolute Gasteiger partial charge is 0.497 e. The van der Waals surface area contributed by atoms with Crippen LogP contribution in [0.25, 0.3) is 22.0 Å². The van der Waals surface area contributed by atoms with E-state index < -0.39 is 25.1 Å². The SMILES string of the molecule is COc1ccc2c(c1)cc(S(=O)(=O)NCc1ccc(-c3ccc(CO)cc3)cc1)n2S(=O)(=O)c1ccccc1. The number of nitrogens with one attached hydrogen (secondary N) is 1. The van der Waals surface area contributed by atoms with Crippen LogP contribution < -0.4 is 9.46 Å². The van der Waals surface area contributed by atoms with Gasteiger partial charge < -0.3 is 9.84 Å². The topological polar surface area (TPSA) is 115 Å². The monoisotopic (exact) mass is 562 g/mol. The molecule has 200 valence electrons. The minimum atomic E-state index is -4.26. The Kier molecular flexibility index (Phi) is 7.28. The van der Waals surface area contributed by atoms with E-state index in [1.54, 1.807) is 42.5 Å². The van der Waals surface area contributed by atoms with E-state index >= 15 is 0 Å². The van der Waals surface area contributed by atoms with E-state index in [0.29, 0.717) is 16.7 Å². The van der Waals surface area contributed by atoms with Gasteiger partial charge in [-0.25, -0.2) is 25.5 Å². The van der Waals surface area contributed by atoms with Crippen molar-refractivity contribution < 1.29 is 26.7 Å². The van der Waals surface area contributed by atoms with Crippen LogP contribution in [0.1, 0.15) is 11.1 Å². The molecule has 0 amide bonds. The number of sulfonamides is 1. The van der Waals surface area contributed by atoms with E-state index in [-0.39, 0.29) is 23.6 Å². The molecular weight excluding hydrogens is 536 g/mol. The van der Waals surface area contributed by atoms with Crippen molar-refractivity contribution in [3.63, 3.8) is 0 Å². The molecule has 0 saturated carbocycles. The van der Waals surface area contributed by atoms with Gasteiger partial charge in [0.2, 0.25) is 0 Å². The molecule has 0 aliphatic heterocycles. The van der Waals surface area contributed by atoms with Gasteiger partial charge in [0.25, 0.3) is 20.0 Å². The summed E-state index contributed by atoms with van der Waals surface area (Å²) < 4.78 is 63.0. The van der Waals surface area contributed by atoms with Gasteiger partial charge in [-0.2, -0.15) is 0 Å². The van der Waals surface area contributed by atoms with Crippen LogP contribution in [0.3, 0.4) is 0 Å².